The number of hydrogen-bond donors (Lipinski definition) is 2. The van der Waals surface area contributed by atoms with E-state index in [1.165, 1.54) is 0 Å². The molecule has 1 heterocycles. The Kier molecular flexibility index (Phi) is 2.35. The van der Waals surface area contributed by atoms with Crippen LogP contribution >= 0.6 is 0 Å². The van der Waals surface area contributed by atoms with Crippen LogP contribution in [-0.4, -0.2) is 14.9 Å². The molecule has 3 N–H and O–H groups in total. The molecular weight excluding hydrogens is 208 g/mol. The van der Waals surface area contributed by atoms with E-state index in [9.17, 15) is 10.1 Å². The van der Waals surface area contributed by atoms with E-state index in [0.29, 0.717) is 22.4 Å². The van der Waals surface area contributed by atoms with Gasteiger partial charge in [0.1, 0.15) is 5.82 Å². The van der Waals surface area contributed by atoms with Crippen LogP contribution in [0.2, 0.25) is 0 Å². The molecule has 0 aliphatic heterocycles. The number of rotatable bonds is 2. The molecule has 0 bridgehead atoms. The van der Waals surface area contributed by atoms with Crippen LogP contribution in [0.5, 0.6) is 0 Å². The summed E-state index contributed by atoms with van der Waals surface area (Å²) in [6.45, 7) is 3.47. The predicted molar refractivity (Wildman–Crippen MR) is 60.1 cm³/mol. The molecule has 0 aliphatic rings. The topological polar surface area (TPSA) is 97.8 Å². The highest BCUT2D eigenvalue weighted by molar-refractivity contribution is 5.86. The van der Waals surface area contributed by atoms with Crippen molar-refractivity contribution >= 4 is 16.7 Å². The second-order valence-corrected chi connectivity index (χ2v) is 3.80. The fraction of sp³-hybridized carbons (Fsp3) is 0.300. The van der Waals surface area contributed by atoms with E-state index in [1.807, 2.05) is 0 Å². The van der Waals surface area contributed by atoms with Gasteiger partial charge in [-0.1, -0.05) is 6.07 Å². The maximum absolute atomic E-state index is 10.9. The number of fused-ring (bicyclic) bond motifs is 1. The van der Waals surface area contributed by atoms with Crippen molar-refractivity contribution in [1.82, 2.24) is 9.97 Å². The molecule has 0 aliphatic carbocycles. The zero-order valence-corrected chi connectivity index (χ0v) is 9.02. The molecule has 0 radical (unpaired) electrons. The predicted octanol–water partition coefficient (Wildman–Crippen LogP) is 1.80. The van der Waals surface area contributed by atoms with Gasteiger partial charge in [-0.2, -0.15) is 0 Å². The summed E-state index contributed by atoms with van der Waals surface area (Å²) in [5, 5.41) is 10.9. The molecule has 0 saturated carbocycles. The van der Waals surface area contributed by atoms with Crippen molar-refractivity contribution in [3.8, 4) is 0 Å². The number of aromatic nitrogens is 2. The molecule has 2 rings (SSSR count). The third-order valence-electron chi connectivity index (χ3n) is 2.46. The van der Waals surface area contributed by atoms with Crippen LogP contribution in [0.15, 0.2) is 12.1 Å². The summed E-state index contributed by atoms with van der Waals surface area (Å²) >= 11 is 0. The molecule has 0 amide bonds. The van der Waals surface area contributed by atoms with Gasteiger partial charge in [0.25, 0.3) is 5.69 Å². The highest BCUT2D eigenvalue weighted by atomic mass is 16.6. The zero-order valence-electron chi connectivity index (χ0n) is 9.02. The largest absolute Gasteiger partial charge is 0.340 e. The third-order valence-corrected chi connectivity index (χ3v) is 2.46. The minimum Gasteiger partial charge on any atom is -0.340 e. The second kappa shape index (κ2) is 3.57. The summed E-state index contributed by atoms with van der Waals surface area (Å²) in [6.07, 6.45) is 0. The average Bonchev–Trinajstić information content (AvgIpc) is 2.60. The lowest BCUT2D eigenvalue weighted by Gasteiger charge is -1.96. The molecule has 16 heavy (non-hydrogen) atoms. The number of nitrogens with two attached hydrogens (primary N) is 1. The number of nitrogens with zero attached hydrogens (tertiary/aromatic N) is 2. The summed E-state index contributed by atoms with van der Waals surface area (Å²) in [4.78, 5) is 17.7. The van der Waals surface area contributed by atoms with Crippen molar-refractivity contribution in [2.24, 2.45) is 5.73 Å². The van der Waals surface area contributed by atoms with E-state index >= 15 is 0 Å². The van der Waals surface area contributed by atoms with E-state index in [4.69, 9.17) is 5.73 Å². The number of nitrogens with one attached hydrogen (secondary N) is 1. The minimum atomic E-state index is -0.413. The van der Waals surface area contributed by atoms with Crippen molar-refractivity contribution in [3.05, 3.63) is 33.6 Å². The van der Waals surface area contributed by atoms with Crippen LogP contribution < -0.4 is 5.73 Å². The first-order valence-corrected chi connectivity index (χ1v) is 4.90. The second-order valence-electron chi connectivity index (χ2n) is 3.80. The van der Waals surface area contributed by atoms with E-state index < -0.39 is 4.92 Å². The average molecular weight is 220 g/mol. The SMILES string of the molecule is Cc1ccc2[nH]c([C@@H](C)N)nc2c1[N+](=O)[O-]. The summed E-state index contributed by atoms with van der Waals surface area (Å²) in [5.74, 6) is 0.559. The zero-order chi connectivity index (χ0) is 11.9. The van der Waals surface area contributed by atoms with Gasteiger partial charge in [0.2, 0.25) is 0 Å². The Morgan fingerprint density at radius 2 is 2.25 bits per heavy atom. The van der Waals surface area contributed by atoms with Gasteiger partial charge >= 0.3 is 0 Å². The number of hydrogen-bond acceptors (Lipinski definition) is 4. The van der Waals surface area contributed by atoms with E-state index in [0.717, 1.165) is 0 Å². The van der Waals surface area contributed by atoms with Gasteiger partial charge in [0.15, 0.2) is 5.52 Å². The van der Waals surface area contributed by atoms with E-state index in [1.54, 1.807) is 26.0 Å². The number of benzene rings is 1. The van der Waals surface area contributed by atoms with Gasteiger partial charge in [-0.25, -0.2) is 4.98 Å². The van der Waals surface area contributed by atoms with Crippen molar-refractivity contribution < 1.29 is 4.92 Å². The Bertz CT molecular complexity index is 559. The Hall–Kier alpha value is -1.95. The van der Waals surface area contributed by atoms with Gasteiger partial charge in [0.05, 0.1) is 16.5 Å². The monoisotopic (exact) mass is 220 g/mol. The first-order chi connectivity index (χ1) is 7.50. The standard InChI is InChI=1S/C10H12N4O2/c1-5-3-4-7-8(9(5)14(15)16)13-10(12-7)6(2)11/h3-4,6H,11H2,1-2H3,(H,12,13)/t6-/m1/s1. The van der Waals surface area contributed by atoms with Crippen LogP contribution in [0, 0.1) is 17.0 Å². The molecule has 0 unspecified atom stereocenters. The first-order valence-electron chi connectivity index (χ1n) is 4.90. The Balaban J connectivity index is 2.77. The summed E-state index contributed by atoms with van der Waals surface area (Å²) in [7, 11) is 0. The molecule has 1 aromatic heterocycles. The number of imidazole rings is 1. The lowest BCUT2D eigenvalue weighted by Crippen LogP contribution is -2.06. The van der Waals surface area contributed by atoms with Gasteiger partial charge in [-0.05, 0) is 19.9 Å². The van der Waals surface area contributed by atoms with Crippen molar-refractivity contribution in [2.75, 3.05) is 0 Å². The Morgan fingerprint density at radius 3 is 2.81 bits per heavy atom. The van der Waals surface area contributed by atoms with Crippen molar-refractivity contribution in [3.63, 3.8) is 0 Å². The fourth-order valence-electron chi connectivity index (χ4n) is 1.63. The maximum atomic E-state index is 10.9. The normalized spacial score (nSPS) is 12.9. The van der Waals surface area contributed by atoms with Crippen LogP contribution in [0.3, 0.4) is 0 Å². The maximum Gasteiger partial charge on any atom is 0.299 e. The summed E-state index contributed by atoms with van der Waals surface area (Å²) < 4.78 is 0. The third kappa shape index (κ3) is 1.53. The van der Waals surface area contributed by atoms with Crippen LogP contribution in [0.25, 0.3) is 11.0 Å². The molecule has 0 saturated heterocycles. The fourth-order valence-corrected chi connectivity index (χ4v) is 1.63. The molecule has 1 aromatic carbocycles. The van der Waals surface area contributed by atoms with E-state index in [-0.39, 0.29) is 11.7 Å². The molecule has 84 valence electrons. The molecule has 6 nitrogen and oxygen atoms in total. The van der Waals surface area contributed by atoms with Crippen molar-refractivity contribution in [2.45, 2.75) is 19.9 Å². The van der Waals surface area contributed by atoms with Crippen LogP contribution in [0.1, 0.15) is 24.4 Å². The number of aryl methyl sites for hydroxylation is 1. The number of nitro benzene ring substituents is 1. The van der Waals surface area contributed by atoms with Gasteiger partial charge < -0.3 is 10.7 Å². The minimum absolute atomic E-state index is 0.0423. The van der Waals surface area contributed by atoms with Crippen LogP contribution in [0.4, 0.5) is 5.69 Å². The smallest absolute Gasteiger partial charge is 0.299 e. The Morgan fingerprint density at radius 1 is 1.56 bits per heavy atom. The molecule has 2 aromatic rings. The summed E-state index contributed by atoms with van der Waals surface area (Å²) in [6, 6.07) is 3.20. The molecule has 6 heteroatoms. The lowest BCUT2D eigenvalue weighted by molar-refractivity contribution is -0.383. The van der Waals surface area contributed by atoms with Gasteiger partial charge in [-0.15, -0.1) is 0 Å². The highest BCUT2D eigenvalue weighted by Crippen LogP contribution is 2.28. The Labute approximate surface area is 91.6 Å². The number of H-pyrrole nitrogens is 1. The first kappa shape index (κ1) is 10.6. The van der Waals surface area contributed by atoms with E-state index in [2.05, 4.69) is 9.97 Å². The molecule has 0 spiro atoms. The van der Waals surface area contributed by atoms with Crippen LogP contribution in [-0.2, 0) is 0 Å². The van der Waals surface area contributed by atoms with Gasteiger partial charge in [-0.3, -0.25) is 10.1 Å². The molecule has 1 atom stereocenters. The van der Waals surface area contributed by atoms with Gasteiger partial charge in [0, 0.05) is 5.56 Å². The number of nitro groups is 1. The number of aromatic amines is 1. The summed E-state index contributed by atoms with van der Waals surface area (Å²) in [5.41, 5.74) is 7.33. The quantitative estimate of drug-likeness (QED) is 0.595. The lowest BCUT2D eigenvalue weighted by atomic mass is 10.2. The highest BCUT2D eigenvalue weighted by Gasteiger charge is 2.19. The molecule has 0 fully saturated rings. The molecular formula is C10H12N4O2. The van der Waals surface area contributed by atoms with Crippen molar-refractivity contribution in [1.29, 1.82) is 0 Å².